The highest BCUT2D eigenvalue weighted by Crippen LogP contribution is 2.56. The van der Waals surface area contributed by atoms with Gasteiger partial charge in [-0.2, -0.15) is 0 Å². The fourth-order valence-corrected chi connectivity index (χ4v) is 7.47. The Hall–Kier alpha value is -2.38. The Labute approximate surface area is 217 Å². The molecule has 4 fully saturated rings. The first kappa shape index (κ1) is 24.0. The van der Waals surface area contributed by atoms with Gasteiger partial charge in [0.05, 0.1) is 17.9 Å². The summed E-state index contributed by atoms with van der Waals surface area (Å²) in [7, 11) is 0. The van der Waals surface area contributed by atoms with Crippen LogP contribution in [0, 0.1) is 11.8 Å². The van der Waals surface area contributed by atoms with Gasteiger partial charge in [-0.1, -0.05) is 68.3 Å². The van der Waals surface area contributed by atoms with E-state index in [2.05, 4.69) is 10.6 Å². The molecule has 3 amide bonds. The average Bonchev–Trinajstić information content (AvgIpc) is 3.52. The predicted molar refractivity (Wildman–Crippen MR) is 136 cm³/mol. The zero-order valence-corrected chi connectivity index (χ0v) is 21.2. The van der Waals surface area contributed by atoms with Crippen molar-refractivity contribution in [3.63, 3.8) is 0 Å². The van der Waals surface area contributed by atoms with Crippen LogP contribution in [0.15, 0.2) is 36.4 Å². The third-order valence-corrected chi connectivity index (χ3v) is 9.11. The van der Waals surface area contributed by atoms with Gasteiger partial charge in [0.25, 0.3) is 0 Å². The monoisotopic (exact) mass is 511 g/mol. The minimum atomic E-state index is -1.10. The highest BCUT2D eigenvalue weighted by atomic mass is 35.5. The Kier molecular flexibility index (Phi) is 6.32. The number of hydrogen-bond donors (Lipinski definition) is 2. The highest BCUT2D eigenvalue weighted by molar-refractivity contribution is 6.30. The molecule has 192 valence electrons. The smallest absolute Gasteiger partial charge is 0.246 e. The minimum Gasteiger partial charge on any atom is -0.359 e. The number of rotatable bonds is 5. The van der Waals surface area contributed by atoms with Crippen LogP contribution in [0.25, 0.3) is 0 Å². The molecule has 2 bridgehead atoms. The van der Waals surface area contributed by atoms with Gasteiger partial charge in [0.15, 0.2) is 0 Å². The molecule has 1 aromatic rings. The standard InChI is InChI=1S/C28H34ClN3O4/c29-17-8-7-11-19(16-17)31-25(33)22-21-14-15-28(36-21)23(22)27(35)32(20-12-5-2-6-13-20)24(28)26(34)30-18-9-3-1-4-10-18/h7-8,11,14-16,18,20-24H,1-6,9-10,12-13H2,(H,30,34)(H,31,33)/t21-,22+,23-,24-,28-/m0/s1. The molecule has 1 spiro atoms. The SMILES string of the molecule is O=C(Nc1cccc(Cl)c1)[C@@H]1[C@@H]2C=C[C@]3(O2)[C@@H]1C(=O)N(C1CCCCC1)[C@H]3C(=O)NC1CCCCC1. The van der Waals surface area contributed by atoms with Gasteiger partial charge in [0, 0.05) is 22.8 Å². The molecular formula is C28H34ClN3O4. The molecule has 36 heavy (non-hydrogen) atoms. The summed E-state index contributed by atoms with van der Waals surface area (Å²) in [4.78, 5) is 43.4. The van der Waals surface area contributed by atoms with Gasteiger partial charge >= 0.3 is 0 Å². The number of amides is 3. The number of nitrogens with one attached hydrogen (secondary N) is 2. The van der Waals surface area contributed by atoms with Gasteiger partial charge in [0.2, 0.25) is 17.7 Å². The van der Waals surface area contributed by atoms with Crippen molar-refractivity contribution in [3.05, 3.63) is 41.4 Å². The van der Waals surface area contributed by atoms with Crippen molar-refractivity contribution in [2.45, 2.75) is 94.0 Å². The van der Waals surface area contributed by atoms with E-state index in [-0.39, 0.29) is 29.8 Å². The second kappa shape index (κ2) is 9.49. The first-order valence-electron chi connectivity index (χ1n) is 13.5. The number of fused-ring (bicyclic) bond motifs is 1. The van der Waals surface area contributed by atoms with Crippen molar-refractivity contribution in [2.24, 2.45) is 11.8 Å². The molecule has 2 saturated heterocycles. The summed E-state index contributed by atoms with van der Waals surface area (Å²) in [6, 6.07) is 6.36. The lowest BCUT2D eigenvalue weighted by Gasteiger charge is -2.39. The van der Waals surface area contributed by atoms with Crippen molar-refractivity contribution in [3.8, 4) is 0 Å². The molecule has 0 radical (unpaired) electrons. The molecule has 3 aliphatic heterocycles. The lowest BCUT2D eigenvalue weighted by atomic mass is 9.74. The van der Waals surface area contributed by atoms with Gasteiger partial charge in [-0.05, 0) is 43.9 Å². The molecule has 2 saturated carbocycles. The van der Waals surface area contributed by atoms with Gasteiger partial charge in [-0.15, -0.1) is 0 Å². The number of carbonyl (C=O) groups excluding carboxylic acids is 3. The number of likely N-dealkylation sites (tertiary alicyclic amines) is 1. The van der Waals surface area contributed by atoms with E-state index >= 15 is 0 Å². The van der Waals surface area contributed by atoms with Crippen molar-refractivity contribution in [1.82, 2.24) is 10.2 Å². The summed E-state index contributed by atoms with van der Waals surface area (Å²) >= 11 is 6.11. The zero-order chi connectivity index (χ0) is 24.9. The molecule has 0 unspecified atom stereocenters. The Morgan fingerprint density at radius 2 is 1.72 bits per heavy atom. The van der Waals surface area contributed by atoms with E-state index in [4.69, 9.17) is 16.3 Å². The number of anilines is 1. The maximum atomic E-state index is 14.1. The van der Waals surface area contributed by atoms with Crippen LogP contribution in [0.2, 0.25) is 5.02 Å². The Bertz CT molecular complexity index is 1080. The lowest BCUT2D eigenvalue weighted by Crippen LogP contribution is -2.58. The normalized spacial score (nSPS) is 34.1. The third kappa shape index (κ3) is 3.95. The minimum absolute atomic E-state index is 0.000946. The molecule has 5 aliphatic rings. The van der Waals surface area contributed by atoms with E-state index in [1.165, 1.54) is 6.42 Å². The average molecular weight is 512 g/mol. The predicted octanol–water partition coefficient (Wildman–Crippen LogP) is 4.21. The molecular weight excluding hydrogens is 478 g/mol. The van der Waals surface area contributed by atoms with Crippen molar-refractivity contribution < 1.29 is 19.1 Å². The Morgan fingerprint density at radius 3 is 2.44 bits per heavy atom. The highest BCUT2D eigenvalue weighted by Gasteiger charge is 2.73. The molecule has 1 aromatic carbocycles. The van der Waals surface area contributed by atoms with Crippen LogP contribution in [0.1, 0.15) is 64.2 Å². The number of halogens is 1. The van der Waals surface area contributed by atoms with Gasteiger partial charge in [-0.25, -0.2) is 0 Å². The number of ether oxygens (including phenoxy) is 1. The topological polar surface area (TPSA) is 87.7 Å². The number of benzene rings is 1. The number of hydrogen-bond acceptors (Lipinski definition) is 4. The van der Waals surface area contributed by atoms with E-state index in [9.17, 15) is 14.4 Å². The largest absolute Gasteiger partial charge is 0.359 e. The maximum absolute atomic E-state index is 14.1. The van der Waals surface area contributed by atoms with Gasteiger partial charge in [-0.3, -0.25) is 14.4 Å². The molecule has 6 rings (SSSR count). The second-order valence-corrected chi connectivity index (χ2v) is 11.5. The van der Waals surface area contributed by atoms with Crippen LogP contribution in [-0.2, 0) is 19.1 Å². The van der Waals surface area contributed by atoms with Crippen LogP contribution in [-0.4, -0.2) is 52.5 Å². The fraction of sp³-hybridized carbons (Fsp3) is 0.607. The quantitative estimate of drug-likeness (QED) is 0.580. The third-order valence-electron chi connectivity index (χ3n) is 8.87. The number of carbonyl (C=O) groups is 3. The second-order valence-electron chi connectivity index (χ2n) is 11.1. The molecule has 0 aromatic heterocycles. The molecule has 5 atom stereocenters. The van der Waals surface area contributed by atoms with Crippen LogP contribution >= 0.6 is 11.6 Å². The van der Waals surface area contributed by atoms with Crippen LogP contribution in [0.4, 0.5) is 5.69 Å². The summed E-state index contributed by atoms with van der Waals surface area (Å²) in [5.41, 5.74) is -0.525. The van der Waals surface area contributed by atoms with Crippen molar-refractivity contribution in [1.29, 1.82) is 0 Å². The first-order valence-corrected chi connectivity index (χ1v) is 13.9. The van der Waals surface area contributed by atoms with E-state index in [1.54, 1.807) is 24.3 Å². The number of nitrogens with zero attached hydrogens (tertiary/aromatic N) is 1. The van der Waals surface area contributed by atoms with Crippen molar-refractivity contribution in [2.75, 3.05) is 5.32 Å². The van der Waals surface area contributed by atoms with Crippen LogP contribution < -0.4 is 10.6 Å². The molecule has 2 aliphatic carbocycles. The molecule has 8 heteroatoms. The van der Waals surface area contributed by atoms with Crippen LogP contribution in [0.5, 0.6) is 0 Å². The van der Waals surface area contributed by atoms with E-state index < -0.39 is 29.6 Å². The Morgan fingerprint density at radius 1 is 1.00 bits per heavy atom. The maximum Gasteiger partial charge on any atom is 0.246 e. The fourth-order valence-electron chi connectivity index (χ4n) is 7.28. The lowest BCUT2D eigenvalue weighted by molar-refractivity contribution is -0.144. The summed E-state index contributed by atoms with van der Waals surface area (Å²) in [5, 5.41) is 6.73. The van der Waals surface area contributed by atoms with Crippen LogP contribution in [0.3, 0.4) is 0 Å². The zero-order valence-electron chi connectivity index (χ0n) is 20.5. The van der Waals surface area contributed by atoms with E-state index in [1.807, 2.05) is 17.1 Å². The van der Waals surface area contributed by atoms with Crippen molar-refractivity contribution >= 4 is 35.0 Å². The summed E-state index contributed by atoms with van der Waals surface area (Å²) in [6.07, 6.45) is 13.6. The summed E-state index contributed by atoms with van der Waals surface area (Å²) in [5.74, 6) is -1.94. The summed E-state index contributed by atoms with van der Waals surface area (Å²) < 4.78 is 6.47. The first-order chi connectivity index (χ1) is 17.5. The summed E-state index contributed by atoms with van der Waals surface area (Å²) in [6.45, 7) is 0. The van der Waals surface area contributed by atoms with Gasteiger partial charge < -0.3 is 20.3 Å². The van der Waals surface area contributed by atoms with Gasteiger partial charge in [0.1, 0.15) is 11.6 Å². The molecule has 7 nitrogen and oxygen atoms in total. The Balaban J connectivity index is 1.32. The molecule has 3 heterocycles. The van der Waals surface area contributed by atoms with E-state index in [0.29, 0.717) is 10.7 Å². The molecule has 2 N–H and O–H groups in total. The van der Waals surface area contributed by atoms with E-state index in [0.717, 1.165) is 57.8 Å².